The summed E-state index contributed by atoms with van der Waals surface area (Å²) in [6.45, 7) is 0.0281. The lowest BCUT2D eigenvalue weighted by molar-refractivity contribution is -0.122. The summed E-state index contributed by atoms with van der Waals surface area (Å²) >= 11 is 0. The first-order chi connectivity index (χ1) is 9.31. The molecule has 2 amide bonds. The molecule has 1 aromatic carbocycles. The fraction of sp³-hybridized carbons (Fsp3) is 0.308. The van der Waals surface area contributed by atoms with Crippen molar-refractivity contribution >= 4 is 11.7 Å². The van der Waals surface area contributed by atoms with Crippen molar-refractivity contribution in [3.05, 3.63) is 29.3 Å². The van der Waals surface area contributed by atoms with E-state index in [0.29, 0.717) is 16.8 Å². The van der Waals surface area contributed by atoms with E-state index >= 15 is 0 Å². The Labute approximate surface area is 114 Å². The topological polar surface area (TPSA) is 61.4 Å². The number of nitrogens with one attached hydrogen (secondary N) is 2. The fourth-order valence-corrected chi connectivity index (χ4v) is 1.37. The van der Waals surface area contributed by atoms with Crippen LogP contribution < -0.4 is 10.6 Å². The standard InChI is InChI=1S/C13H13F3N2O2/c1-9-7-10(3-2-6-19)4-5-11(9)18-12(20)17-8-13(14,15)16/h4-5,7,19H,6,8H2,1H3,(H2,17,18,20). The molecule has 108 valence electrons. The van der Waals surface area contributed by atoms with Gasteiger partial charge in [-0.2, -0.15) is 13.2 Å². The molecular weight excluding hydrogens is 273 g/mol. The smallest absolute Gasteiger partial charge is 0.384 e. The fourth-order valence-electron chi connectivity index (χ4n) is 1.37. The Morgan fingerprint density at radius 3 is 2.65 bits per heavy atom. The first-order valence-electron chi connectivity index (χ1n) is 5.64. The van der Waals surface area contributed by atoms with Gasteiger partial charge in [-0.3, -0.25) is 0 Å². The molecule has 1 rings (SSSR count). The van der Waals surface area contributed by atoms with Crippen molar-refractivity contribution in [2.45, 2.75) is 13.1 Å². The summed E-state index contributed by atoms with van der Waals surface area (Å²) in [5.74, 6) is 5.15. The van der Waals surface area contributed by atoms with Crippen LogP contribution in [-0.4, -0.2) is 30.5 Å². The van der Waals surface area contributed by atoms with Crippen molar-refractivity contribution in [3.8, 4) is 11.8 Å². The molecule has 0 aliphatic heterocycles. The zero-order chi connectivity index (χ0) is 15.2. The molecule has 20 heavy (non-hydrogen) atoms. The van der Waals surface area contributed by atoms with Crippen LogP contribution in [0.4, 0.5) is 23.7 Å². The van der Waals surface area contributed by atoms with Gasteiger partial charge in [0, 0.05) is 11.3 Å². The lowest BCUT2D eigenvalue weighted by Crippen LogP contribution is -2.36. The summed E-state index contributed by atoms with van der Waals surface area (Å²) in [6, 6.07) is 3.85. The van der Waals surface area contributed by atoms with Crippen molar-refractivity contribution < 1.29 is 23.1 Å². The van der Waals surface area contributed by atoms with Gasteiger partial charge in [0.2, 0.25) is 0 Å². The predicted octanol–water partition coefficient (Wildman–Crippen LogP) is 2.02. The molecule has 0 unspecified atom stereocenters. The molecule has 0 fully saturated rings. The Morgan fingerprint density at radius 1 is 1.40 bits per heavy atom. The van der Waals surface area contributed by atoms with Gasteiger partial charge < -0.3 is 15.7 Å². The number of aryl methyl sites for hydroxylation is 1. The van der Waals surface area contributed by atoms with Crippen molar-refractivity contribution in [2.75, 3.05) is 18.5 Å². The highest BCUT2D eigenvalue weighted by atomic mass is 19.4. The van der Waals surface area contributed by atoms with Gasteiger partial charge in [0.1, 0.15) is 13.2 Å². The molecule has 4 nitrogen and oxygen atoms in total. The first kappa shape index (κ1) is 15.9. The van der Waals surface area contributed by atoms with Crippen LogP contribution in [0.5, 0.6) is 0 Å². The minimum absolute atomic E-state index is 0.265. The predicted molar refractivity (Wildman–Crippen MR) is 68.2 cm³/mol. The maximum Gasteiger partial charge on any atom is 0.405 e. The van der Waals surface area contributed by atoms with Gasteiger partial charge in [-0.05, 0) is 30.7 Å². The second kappa shape index (κ2) is 6.82. The molecule has 0 saturated carbocycles. The second-order valence-corrected chi connectivity index (χ2v) is 3.91. The summed E-state index contributed by atoms with van der Waals surface area (Å²) in [7, 11) is 0. The number of alkyl halides is 3. The summed E-state index contributed by atoms with van der Waals surface area (Å²) in [5.41, 5.74) is 1.67. The summed E-state index contributed by atoms with van der Waals surface area (Å²) in [4.78, 5) is 11.3. The van der Waals surface area contributed by atoms with E-state index in [-0.39, 0.29) is 6.61 Å². The molecule has 7 heteroatoms. The van der Waals surface area contributed by atoms with Gasteiger partial charge in [-0.25, -0.2) is 4.79 Å². The number of benzene rings is 1. The minimum Gasteiger partial charge on any atom is -0.384 e. The van der Waals surface area contributed by atoms with Crippen molar-refractivity contribution in [2.24, 2.45) is 0 Å². The highest BCUT2D eigenvalue weighted by Gasteiger charge is 2.27. The number of aliphatic hydroxyl groups excluding tert-OH is 1. The average molecular weight is 286 g/mol. The van der Waals surface area contributed by atoms with Crippen molar-refractivity contribution in [3.63, 3.8) is 0 Å². The van der Waals surface area contributed by atoms with E-state index in [1.165, 1.54) is 6.07 Å². The van der Waals surface area contributed by atoms with E-state index in [4.69, 9.17) is 5.11 Å². The third-order valence-corrected chi connectivity index (χ3v) is 2.24. The number of anilines is 1. The molecule has 3 N–H and O–H groups in total. The van der Waals surface area contributed by atoms with E-state index in [2.05, 4.69) is 17.2 Å². The Morgan fingerprint density at radius 2 is 2.10 bits per heavy atom. The largest absolute Gasteiger partial charge is 0.405 e. The number of hydrogen-bond acceptors (Lipinski definition) is 2. The molecule has 0 saturated heterocycles. The number of aliphatic hydroxyl groups is 1. The number of halogens is 3. The SMILES string of the molecule is Cc1cc(C#CCO)ccc1NC(=O)NCC(F)(F)F. The molecule has 0 atom stereocenters. The summed E-state index contributed by atoms with van der Waals surface area (Å²) < 4.78 is 35.8. The monoisotopic (exact) mass is 286 g/mol. The lowest BCUT2D eigenvalue weighted by Gasteiger charge is -2.11. The van der Waals surface area contributed by atoms with Gasteiger partial charge >= 0.3 is 12.2 Å². The van der Waals surface area contributed by atoms with Gasteiger partial charge in [0.05, 0.1) is 0 Å². The zero-order valence-corrected chi connectivity index (χ0v) is 10.6. The number of rotatable bonds is 2. The third-order valence-electron chi connectivity index (χ3n) is 2.24. The number of carbonyl (C=O) groups is 1. The number of hydrogen-bond donors (Lipinski definition) is 3. The average Bonchev–Trinajstić information content (AvgIpc) is 2.36. The van der Waals surface area contributed by atoms with Crippen molar-refractivity contribution in [1.82, 2.24) is 5.32 Å². The van der Waals surface area contributed by atoms with Crippen LogP contribution in [0.1, 0.15) is 11.1 Å². The third kappa shape index (κ3) is 5.63. The van der Waals surface area contributed by atoms with Crippen LogP contribution in [0.2, 0.25) is 0 Å². The maximum atomic E-state index is 11.9. The van der Waals surface area contributed by atoms with E-state index in [9.17, 15) is 18.0 Å². The van der Waals surface area contributed by atoms with Crippen LogP contribution in [0.25, 0.3) is 0 Å². The van der Waals surface area contributed by atoms with E-state index in [1.807, 2.05) is 0 Å². The highest BCUT2D eigenvalue weighted by molar-refractivity contribution is 5.90. The van der Waals surface area contributed by atoms with Crippen LogP contribution in [0.3, 0.4) is 0 Å². The molecular formula is C13H13F3N2O2. The van der Waals surface area contributed by atoms with E-state index in [1.54, 1.807) is 24.4 Å². The van der Waals surface area contributed by atoms with Gasteiger partial charge in [0.15, 0.2) is 0 Å². The maximum absolute atomic E-state index is 11.9. The van der Waals surface area contributed by atoms with E-state index < -0.39 is 18.8 Å². The quantitative estimate of drug-likeness (QED) is 0.728. The van der Waals surface area contributed by atoms with Crippen LogP contribution in [0, 0.1) is 18.8 Å². The molecule has 0 aliphatic carbocycles. The Balaban J connectivity index is 2.67. The van der Waals surface area contributed by atoms with Gasteiger partial charge in [-0.1, -0.05) is 11.8 Å². The molecule has 0 bridgehead atoms. The van der Waals surface area contributed by atoms with E-state index in [0.717, 1.165) is 0 Å². The molecule has 0 heterocycles. The van der Waals surface area contributed by atoms with Crippen LogP contribution in [0.15, 0.2) is 18.2 Å². The molecule has 0 radical (unpaired) electrons. The van der Waals surface area contributed by atoms with Gasteiger partial charge in [0.25, 0.3) is 0 Å². The van der Waals surface area contributed by atoms with Crippen LogP contribution in [-0.2, 0) is 0 Å². The van der Waals surface area contributed by atoms with Crippen molar-refractivity contribution in [1.29, 1.82) is 0 Å². The molecule has 1 aromatic rings. The zero-order valence-electron chi connectivity index (χ0n) is 10.6. The summed E-state index contributed by atoms with van der Waals surface area (Å²) in [6.07, 6.45) is -4.45. The Bertz CT molecular complexity index is 545. The number of amides is 2. The molecule has 0 aliphatic rings. The minimum atomic E-state index is -4.45. The Hall–Kier alpha value is -2.20. The second-order valence-electron chi connectivity index (χ2n) is 3.91. The Kier molecular flexibility index (Phi) is 5.41. The van der Waals surface area contributed by atoms with Gasteiger partial charge in [-0.15, -0.1) is 0 Å². The molecule has 0 spiro atoms. The summed E-state index contributed by atoms with van der Waals surface area (Å²) in [5, 5.41) is 12.6. The lowest BCUT2D eigenvalue weighted by atomic mass is 10.1. The number of urea groups is 1. The number of carbonyl (C=O) groups excluding carboxylic acids is 1. The molecule has 0 aromatic heterocycles. The highest BCUT2D eigenvalue weighted by Crippen LogP contribution is 2.16. The first-order valence-corrected chi connectivity index (χ1v) is 5.64. The van der Waals surface area contributed by atoms with Crippen LogP contribution >= 0.6 is 0 Å². The normalized spacial score (nSPS) is 10.4.